The Morgan fingerprint density at radius 1 is 1.16 bits per heavy atom. The molecule has 0 amide bonds. The Kier molecular flexibility index (Phi) is 5.05. The Morgan fingerprint density at radius 2 is 1.79 bits per heavy atom. The summed E-state index contributed by atoms with van der Waals surface area (Å²) < 4.78 is 11.4. The van der Waals surface area contributed by atoms with E-state index in [1.54, 1.807) is 0 Å². The van der Waals surface area contributed by atoms with Gasteiger partial charge in [0.15, 0.2) is 11.5 Å². The summed E-state index contributed by atoms with van der Waals surface area (Å²) in [4.78, 5) is 0. The SMILES string of the molecule is CCCOc1ccccc1OCC1(O)CCNCC1. The third-order valence-corrected chi connectivity index (χ3v) is 3.34. The predicted octanol–water partition coefficient (Wildman–Crippen LogP) is 1.97. The Balaban J connectivity index is 1.94. The number of para-hydroxylation sites is 2. The monoisotopic (exact) mass is 265 g/mol. The van der Waals surface area contributed by atoms with Gasteiger partial charge in [0.1, 0.15) is 12.2 Å². The molecule has 4 heteroatoms. The maximum absolute atomic E-state index is 10.4. The standard InChI is InChI=1S/C15H23NO3/c1-2-11-18-13-5-3-4-6-14(13)19-12-15(17)7-9-16-10-8-15/h3-6,16-17H,2,7-12H2,1H3. The highest BCUT2D eigenvalue weighted by Gasteiger charge is 2.30. The Bertz CT molecular complexity index is 389. The van der Waals surface area contributed by atoms with Crippen molar-refractivity contribution >= 4 is 0 Å². The molecular weight excluding hydrogens is 242 g/mol. The van der Waals surface area contributed by atoms with Gasteiger partial charge in [-0.3, -0.25) is 0 Å². The number of hydrogen-bond donors (Lipinski definition) is 2. The molecule has 4 nitrogen and oxygen atoms in total. The lowest BCUT2D eigenvalue weighted by molar-refractivity contribution is -0.0292. The molecule has 1 aliphatic heterocycles. The van der Waals surface area contributed by atoms with E-state index in [0.29, 0.717) is 19.0 Å². The fraction of sp³-hybridized carbons (Fsp3) is 0.600. The highest BCUT2D eigenvalue weighted by molar-refractivity contribution is 5.39. The molecular formula is C15H23NO3. The Labute approximate surface area is 114 Å². The van der Waals surface area contributed by atoms with Gasteiger partial charge in [-0.05, 0) is 44.5 Å². The second-order valence-corrected chi connectivity index (χ2v) is 5.06. The van der Waals surface area contributed by atoms with Crippen LogP contribution in [-0.4, -0.2) is 37.0 Å². The average Bonchev–Trinajstić information content (AvgIpc) is 2.45. The second-order valence-electron chi connectivity index (χ2n) is 5.06. The predicted molar refractivity (Wildman–Crippen MR) is 74.8 cm³/mol. The quantitative estimate of drug-likeness (QED) is 0.825. The lowest BCUT2D eigenvalue weighted by atomic mass is 9.93. The van der Waals surface area contributed by atoms with E-state index in [1.165, 1.54) is 0 Å². The molecule has 2 N–H and O–H groups in total. The third-order valence-electron chi connectivity index (χ3n) is 3.34. The zero-order chi connectivity index (χ0) is 13.6. The molecule has 0 radical (unpaired) electrons. The molecule has 1 aromatic carbocycles. The van der Waals surface area contributed by atoms with Crippen LogP contribution >= 0.6 is 0 Å². The van der Waals surface area contributed by atoms with E-state index in [4.69, 9.17) is 9.47 Å². The molecule has 106 valence electrons. The number of benzene rings is 1. The Morgan fingerprint density at radius 3 is 2.42 bits per heavy atom. The van der Waals surface area contributed by atoms with Gasteiger partial charge in [0.2, 0.25) is 0 Å². The van der Waals surface area contributed by atoms with Gasteiger partial charge in [-0.2, -0.15) is 0 Å². The molecule has 1 fully saturated rings. The summed E-state index contributed by atoms with van der Waals surface area (Å²) in [6, 6.07) is 7.63. The van der Waals surface area contributed by atoms with Gasteiger partial charge in [0.25, 0.3) is 0 Å². The van der Waals surface area contributed by atoms with Crippen molar-refractivity contribution in [3.8, 4) is 11.5 Å². The summed E-state index contributed by atoms with van der Waals surface area (Å²) >= 11 is 0. The molecule has 0 spiro atoms. The van der Waals surface area contributed by atoms with Crippen LogP contribution in [0.5, 0.6) is 11.5 Å². The van der Waals surface area contributed by atoms with Gasteiger partial charge in [-0.25, -0.2) is 0 Å². The normalized spacial score (nSPS) is 18.0. The number of nitrogens with one attached hydrogen (secondary N) is 1. The molecule has 0 saturated carbocycles. The van der Waals surface area contributed by atoms with Crippen LogP contribution in [0.4, 0.5) is 0 Å². The largest absolute Gasteiger partial charge is 0.490 e. The first-order chi connectivity index (χ1) is 9.23. The minimum absolute atomic E-state index is 0.321. The summed E-state index contributed by atoms with van der Waals surface area (Å²) in [5.74, 6) is 1.46. The first-order valence-corrected chi connectivity index (χ1v) is 7.01. The molecule has 1 heterocycles. The highest BCUT2D eigenvalue weighted by atomic mass is 16.5. The van der Waals surface area contributed by atoms with Crippen molar-refractivity contribution in [1.82, 2.24) is 5.32 Å². The van der Waals surface area contributed by atoms with Gasteiger partial charge in [-0.15, -0.1) is 0 Å². The van der Waals surface area contributed by atoms with Crippen molar-refractivity contribution in [2.75, 3.05) is 26.3 Å². The van der Waals surface area contributed by atoms with E-state index in [0.717, 1.165) is 38.1 Å². The molecule has 0 aromatic heterocycles. The fourth-order valence-electron chi connectivity index (χ4n) is 2.15. The van der Waals surface area contributed by atoms with Gasteiger partial charge in [0, 0.05) is 0 Å². The van der Waals surface area contributed by atoms with Crippen LogP contribution in [0.1, 0.15) is 26.2 Å². The van der Waals surface area contributed by atoms with Crippen LogP contribution < -0.4 is 14.8 Å². The van der Waals surface area contributed by atoms with E-state index in [-0.39, 0.29) is 0 Å². The maximum atomic E-state index is 10.4. The van der Waals surface area contributed by atoms with Crippen molar-refractivity contribution in [2.24, 2.45) is 0 Å². The molecule has 1 saturated heterocycles. The minimum Gasteiger partial charge on any atom is -0.490 e. The second kappa shape index (κ2) is 6.78. The summed E-state index contributed by atoms with van der Waals surface area (Å²) in [5, 5.41) is 13.6. The number of ether oxygens (including phenoxy) is 2. The van der Waals surface area contributed by atoms with Crippen LogP contribution in [0.3, 0.4) is 0 Å². The van der Waals surface area contributed by atoms with Crippen molar-refractivity contribution < 1.29 is 14.6 Å². The van der Waals surface area contributed by atoms with Crippen LogP contribution in [0.15, 0.2) is 24.3 Å². The molecule has 2 rings (SSSR count). The maximum Gasteiger partial charge on any atom is 0.161 e. The summed E-state index contributed by atoms with van der Waals surface area (Å²) in [5.41, 5.74) is -0.719. The van der Waals surface area contributed by atoms with Gasteiger partial charge in [0.05, 0.1) is 6.61 Å². The van der Waals surface area contributed by atoms with E-state index < -0.39 is 5.60 Å². The zero-order valence-corrected chi connectivity index (χ0v) is 11.5. The Hall–Kier alpha value is -1.26. The topological polar surface area (TPSA) is 50.7 Å². The van der Waals surface area contributed by atoms with Crippen LogP contribution in [0, 0.1) is 0 Å². The van der Waals surface area contributed by atoms with Crippen molar-refractivity contribution in [3.05, 3.63) is 24.3 Å². The molecule has 0 atom stereocenters. The molecule has 0 unspecified atom stereocenters. The first-order valence-electron chi connectivity index (χ1n) is 7.01. The van der Waals surface area contributed by atoms with Gasteiger partial charge >= 0.3 is 0 Å². The van der Waals surface area contributed by atoms with Gasteiger partial charge in [-0.1, -0.05) is 19.1 Å². The summed E-state index contributed by atoms with van der Waals surface area (Å²) in [7, 11) is 0. The minimum atomic E-state index is -0.719. The van der Waals surface area contributed by atoms with Crippen LogP contribution in [0.25, 0.3) is 0 Å². The summed E-state index contributed by atoms with van der Waals surface area (Å²) in [6.45, 7) is 4.75. The first kappa shape index (κ1) is 14.2. The van der Waals surface area contributed by atoms with Crippen molar-refractivity contribution in [3.63, 3.8) is 0 Å². The van der Waals surface area contributed by atoms with E-state index in [9.17, 15) is 5.11 Å². The smallest absolute Gasteiger partial charge is 0.161 e. The van der Waals surface area contributed by atoms with E-state index >= 15 is 0 Å². The van der Waals surface area contributed by atoms with Gasteiger partial charge < -0.3 is 19.9 Å². The lowest BCUT2D eigenvalue weighted by Crippen LogP contribution is -2.46. The highest BCUT2D eigenvalue weighted by Crippen LogP contribution is 2.28. The number of piperidine rings is 1. The average molecular weight is 265 g/mol. The lowest BCUT2D eigenvalue weighted by Gasteiger charge is -2.32. The molecule has 19 heavy (non-hydrogen) atoms. The van der Waals surface area contributed by atoms with Crippen molar-refractivity contribution in [1.29, 1.82) is 0 Å². The molecule has 0 bridgehead atoms. The number of rotatable bonds is 6. The van der Waals surface area contributed by atoms with Crippen LogP contribution in [-0.2, 0) is 0 Å². The van der Waals surface area contributed by atoms with Crippen LogP contribution in [0.2, 0.25) is 0 Å². The fourth-order valence-corrected chi connectivity index (χ4v) is 2.15. The van der Waals surface area contributed by atoms with E-state index in [2.05, 4.69) is 12.2 Å². The van der Waals surface area contributed by atoms with Crippen molar-refractivity contribution in [2.45, 2.75) is 31.8 Å². The summed E-state index contributed by atoms with van der Waals surface area (Å²) in [6.07, 6.45) is 2.42. The number of aliphatic hydroxyl groups is 1. The van der Waals surface area contributed by atoms with E-state index in [1.807, 2.05) is 24.3 Å². The number of hydrogen-bond acceptors (Lipinski definition) is 4. The molecule has 1 aromatic rings. The molecule has 0 aliphatic carbocycles. The molecule has 1 aliphatic rings. The third kappa shape index (κ3) is 4.11. The zero-order valence-electron chi connectivity index (χ0n) is 11.5.